The highest BCUT2D eigenvalue weighted by molar-refractivity contribution is 6.24. The first-order chi connectivity index (χ1) is 17.3. The van der Waals surface area contributed by atoms with Crippen LogP contribution >= 0.6 is 0 Å². The molecule has 5 rings (SSSR count). The van der Waals surface area contributed by atoms with Crippen LogP contribution in [0.15, 0.2) is 66.7 Å². The van der Waals surface area contributed by atoms with Gasteiger partial charge in [0.2, 0.25) is 5.91 Å². The third-order valence-electron chi connectivity index (χ3n) is 6.26. The van der Waals surface area contributed by atoms with Gasteiger partial charge < -0.3 is 9.47 Å². The number of nitro benzene ring substituents is 1. The molecule has 11 heteroatoms. The second-order valence-corrected chi connectivity index (χ2v) is 8.17. The van der Waals surface area contributed by atoms with Crippen molar-refractivity contribution in [3.63, 3.8) is 0 Å². The van der Waals surface area contributed by atoms with E-state index in [-0.39, 0.29) is 28.4 Å². The molecule has 3 aromatic rings. The average molecular weight is 493 g/mol. The van der Waals surface area contributed by atoms with Crippen LogP contribution in [-0.2, 0) is 14.4 Å². The van der Waals surface area contributed by atoms with Crippen LogP contribution in [0.1, 0.15) is 11.6 Å². The van der Waals surface area contributed by atoms with E-state index in [0.29, 0.717) is 5.69 Å². The maximum Gasteiger partial charge on any atom is 0.278 e. The van der Waals surface area contributed by atoms with E-state index in [1.54, 1.807) is 30.3 Å². The number of imide groups is 1. The van der Waals surface area contributed by atoms with Crippen LogP contribution in [0.5, 0.6) is 11.5 Å². The van der Waals surface area contributed by atoms with Gasteiger partial charge in [0.05, 0.1) is 42.1 Å². The summed E-state index contributed by atoms with van der Waals surface area (Å²) in [5, 5.41) is 13.4. The highest BCUT2D eigenvalue weighted by Gasteiger charge is 2.61. The maximum atomic E-state index is 13.7. The molecular formula is C25H20FN3O7. The Kier molecular flexibility index (Phi) is 5.77. The monoisotopic (exact) mass is 493 g/mol. The fourth-order valence-electron chi connectivity index (χ4n) is 4.65. The van der Waals surface area contributed by atoms with E-state index >= 15 is 0 Å². The molecule has 2 aliphatic rings. The van der Waals surface area contributed by atoms with Gasteiger partial charge >= 0.3 is 0 Å². The van der Waals surface area contributed by atoms with Crippen molar-refractivity contribution >= 4 is 28.9 Å². The molecule has 0 unspecified atom stereocenters. The first kappa shape index (κ1) is 23.2. The van der Waals surface area contributed by atoms with Crippen LogP contribution < -0.4 is 19.4 Å². The number of ether oxygens (including phenoxy) is 2. The van der Waals surface area contributed by atoms with Crippen LogP contribution in [-0.4, -0.2) is 37.1 Å². The molecule has 10 nitrogen and oxygen atoms in total. The predicted molar refractivity (Wildman–Crippen MR) is 125 cm³/mol. The van der Waals surface area contributed by atoms with Crippen LogP contribution in [0.4, 0.5) is 21.5 Å². The molecule has 0 N–H and O–H groups in total. The summed E-state index contributed by atoms with van der Waals surface area (Å²) in [6, 6.07) is 15.1. The fraction of sp³-hybridized carbons (Fsp3) is 0.200. The van der Waals surface area contributed by atoms with Crippen LogP contribution in [0.25, 0.3) is 0 Å². The largest absolute Gasteiger partial charge is 0.493 e. The molecule has 0 aromatic heterocycles. The van der Waals surface area contributed by atoms with Crippen LogP contribution in [0.3, 0.4) is 0 Å². The summed E-state index contributed by atoms with van der Waals surface area (Å²) < 4.78 is 24.1. The lowest BCUT2D eigenvalue weighted by Gasteiger charge is -2.29. The van der Waals surface area contributed by atoms with Gasteiger partial charge in [-0.1, -0.05) is 18.2 Å². The molecule has 3 atom stereocenters. The third-order valence-corrected chi connectivity index (χ3v) is 6.26. The second kappa shape index (κ2) is 8.93. The number of carbonyl (C=O) groups excluding carboxylic acids is 2. The normalized spacial score (nSPS) is 21.0. The minimum absolute atomic E-state index is 0.108. The SMILES string of the molecule is COc1cc([C@@H]2[C@@H]3C(=O)N(c4ccc(F)cc4)C(=O)[C@@H]3ON2c2ccccc2)c([N+](=O)[O-])cc1OC. The van der Waals surface area contributed by atoms with Gasteiger partial charge in [-0.25, -0.2) is 14.4 Å². The third kappa shape index (κ3) is 3.60. The van der Waals surface area contributed by atoms with Gasteiger partial charge in [0.25, 0.3) is 11.6 Å². The van der Waals surface area contributed by atoms with E-state index in [9.17, 15) is 24.1 Å². The molecule has 0 bridgehead atoms. The minimum atomic E-state index is -1.25. The number of halogens is 1. The number of carbonyl (C=O) groups is 2. The summed E-state index contributed by atoms with van der Waals surface area (Å²) >= 11 is 0. The topological polar surface area (TPSA) is 111 Å². The highest BCUT2D eigenvalue weighted by Crippen LogP contribution is 2.51. The summed E-state index contributed by atoms with van der Waals surface area (Å²) in [5.74, 6) is -2.58. The molecule has 0 radical (unpaired) electrons. The second-order valence-electron chi connectivity index (χ2n) is 8.17. The zero-order valence-electron chi connectivity index (χ0n) is 19.2. The molecule has 0 saturated carbocycles. The van der Waals surface area contributed by atoms with Gasteiger partial charge in [-0.3, -0.25) is 24.5 Å². The molecule has 2 heterocycles. The Balaban J connectivity index is 1.68. The van der Waals surface area contributed by atoms with Crippen molar-refractivity contribution < 1.29 is 33.2 Å². The van der Waals surface area contributed by atoms with Crippen molar-refractivity contribution in [3.8, 4) is 11.5 Å². The molecule has 2 saturated heterocycles. The Morgan fingerprint density at radius 2 is 1.56 bits per heavy atom. The number of para-hydroxylation sites is 1. The molecule has 0 aliphatic carbocycles. The molecule has 3 aromatic carbocycles. The number of rotatable bonds is 6. The van der Waals surface area contributed by atoms with Gasteiger partial charge in [0, 0.05) is 0 Å². The molecule has 2 fully saturated rings. The molecule has 184 valence electrons. The van der Waals surface area contributed by atoms with E-state index < -0.39 is 40.6 Å². The molecule has 2 amide bonds. The van der Waals surface area contributed by atoms with E-state index in [1.165, 1.54) is 43.5 Å². The number of hydrogen-bond acceptors (Lipinski definition) is 8. The summed E-state index contributed by atoms with van der Waals surface area (Å²) in [4.78, 5) is 45.5. The van der Waals surface area contributed by atoms with Crippen molar-refractivity contribution in [2.75, 3.05) is 24.2 Å². The summed E-state index contributed by atoms with van der Waals surface area (Å²) in [5.41, 5.74) is 0.450. The van der Waals surface area contributed by atoms with Crippen LogP contribution in [0.2, 0.25) is 0 Å². The number of hydroxylamine groups is 1. The van der Waals surface area contributed by atoms with Gasteiger partial charge in [0.15, 0.2) is 17.6 Å². The first-order valence-electron chi connectivity index (χ1n) is 10.9. The van der Waals surface area contributed by atoms with E-state index in [4.69, 9.17) is 14.3 Å². The van der Waals surface area contributed by atoms with Gasteiger partial charge in [-0.15, -0.1) is 0 Å². The summed E-state index contributed by atoms with van der Waals surface area (Å²) in [6.45, 7) is 0. The Hall–Kier alpha value is -4.51. The minimum Gasteiger partial charge on any atom is -0.493 e. The lowest BCUT2D eigenvalue weighted by Crippen LogP contribution is -2.37. The molecule has 0 spiro atoms. The number of amides is 2. The number of methoxy groups -OCH3 is 2. The standard InChI is InChI=1S/C25H20FN3O7/c1-34-19-12-17(18(29(32)33)13-20(19)35-2)22-21-23(36-28(22)16-6-4-3-5-7-16)25(31)27(24(21)30)15-10-8-14(26)9-11-15/h3-13,21-23H,1-2H3/t21-,22+,23+/m0/s1. The molecule has 36 heavy (non-hydrogen) atoms. The average Bonchev–Trinajstić information content (AvgIpc) is 3.40. The quantitative estimate of drug-likeness (QED) is 0.290. The summed E-state index contributed by atoms with van der Waals surface area (Å²) in [6.07, 6.45) is -1.25. The number of nitrogens with zero attached hydrogens (tertiary/aromatic N) is 3. The smallest absolute Gasteiger partial charge is 0.278 e. The van der Waals surface area contributed by atoms with Crippen molar-refractivity contribution in [1.29, 1.82) is 0 Å². The highest BCUT2D eigenvalue weighted by atomic mass is 19.1. The number of nitro groups is 1. The lowest BCUT2D eigenvalue weighted by atomic mass is 9.89. The Bertz CT molecular complexity index is 1350. The first-order valence-corrected chi connectivity index (χ1v) is 10.9. The molecule has 2 aliphatic heterocycles. The Morgan fingerprint density at radius 3 is 2.17 bits per heavy atom. The lowest BCUT2D eigenvalue weighted by molar-refractivity contribution is -0.385. The zero-order valence-corrected chi connectivity index (χ0v) is 19.2. The Labute approximate surface area is 204 Å². The number of fused-ring (bicyclic) bond motifs is 1. The summed E-state index contributed by atoms with van der Waals surface area (Å²) in [7, 11) is 2.74. The molecular weight excluding hydrogens is 473 g/mol. The van der Waals surface area contributed by atoms with Gasteiger partial charge in [-0.05, 0) is 42.5 Å². The van der Waals surface area contributed by atoms with Crippen molar-refractivity contribution in [2.24, 2.45) is 5.92 Å². The number of hydrogen-bond donors (Lipinski definition) is 0. The zero-order chi connectivity index (χ0) is 25.6. The van der Waals surface area contributed by atoms with Gasteiger partial charge in [-0.2, -0.15) is 0 Å². The van der Waals surface area contributed by atoms with Crippen LogP contribution in [0, 0.1) is 21.8 Å². The van der Waals surface area contributed by atoms with Crippen molar-refractivity contribution in [3.05, 3.63) is 88.2 Å². The number of anilines is 2. The Morgan fingerprint density at radius 1 is 0.917 bits per heavy atom. The number of benzene rings is 3. The maximum absolute atomic E-state index is 13.7. The van der Waals surface area contributed by atoms with E-state index in [2.05, 4.69) is 0 Å². The van der Waals surface area contributed by atoms with Crippen molar-refractivity contribution in [2.45, 2.75) is 12.1 Å². The van der Waals surface area contributed by atoms with Gasteiger partial charge in [0.1, 0.15) is 17.8 Å². The fourth-order valence-corrected chi connectivity index (χ4v) is 4.65. The van der Waals surface area contributed by atoms with Crippen molar-refractivity contribution in [1.82, 2.24) is 0 Å². The van der Waals surface area contributed by atoms with E-state index in [1.807, 2.05) is 0 Å². The predicted octanol–water partition coefficient (Wildman–Crippen LogP) is 3.80. The van der Waals surface area contributed by atoms with E-state index in [0.717, 1.165) is 17.0 Å².